The Morgan fingerprint density at radius 1 is 1.17 bits per heavy atom. The quantitative estimate of drug-likeness (QED) is 0.675. The zero-order valence-corrected chi connectivity index (χ0v) is 13.8. The number of fused-ring (bicyclic) bond motifs is 1. The van der Waals surface area contributed by atoms with Crippen LogP contribution in [0.15, 0.2) is 24.3 Å². The van der Waals surface area contributed by atoms with Gasteiger partial charge in [0.05, 0.1) is 11.3 Å². The number of nitrogens with one attached hydrogen (secondary N) is 1. The van der Waals surface area contributed by atoms with Crippen LogP contribution in [0.5, 0.6) is 0 Å². The fourth-order valence-corrected chi connectivity index (χ4v) is 3.49. The van der Waals surface area contributed by atoms with Gasteiger partial charge in [0, 0.05) is 25.2 Å². The van der Waals surface area contributed by atoms with Crippen LogP contribution in [0.1, 0.15) is 18.4 Å². The lowest BCUT2D eigenvalue weighted by Gasteiger charge is -2.21. The number of rotatable bonds is 3. The Morgan fingerprint density at radius 3 is 2.26 bits per heavy atom. The highest BCUT2D eigenvalue weighted by atomic mass is 35.5. The predicted octanol–water partition coefficient (Wildman–Crippen LogP) is 2.02. The Hall–Kier alpha value is -1.66. The van der Waals surface area contributed by atoms with E-state index in [9.17, 15) is 14.9 Å². The topological polar surface area (TPSA) is 75.5 Å². The Bertz CT molecular complexity index is 550. The first-order valence-corrected chi connectivity index (χ1v) is 7.85. The third-order valence-electron chi connectivity index (χ3n) is 4.87. The summed E-state index contributed by atoms with van der Waals surface area (Å²) in [4.78, 5) is 24.6. The third-order valence-corrected chi connectivity index (χ3v) is 4.87. The number of benzene rings is 1. The molecule has 0 spiro atoms. The number of hydrogen-bond donors (Lipinski definition) is 1. The number of nitrogens with zero attached hydrogens (tertiary/aromatic N) is 2. The van der Waals surface area contributed by atoms with Gasteiger partial charge in [0.25, 0.3) is 5.69 Å². The molecule has 0 aliphatic carbocycles. The van der Waals surface area contributed by atoms with Crippen molar-refractivity contribution < 1.29 is 9.72 Å². The Labute approximate surface area is 141 Å². The van der Waals surface area contributed by atoms with Crippen molar-refractivity contribution in [2.24, 2.45) is 11.8 Å². The molecule has 2 atom stereocenters. The van der Waals surface area contributed by atoms with Gasteiger partial charge in [-0.05, 0) is 43.3 Å². The molecule has 0 unspecified atom stereocenters. The summed E-state index contributed by atoms with van der Waals surface area (Å²) in [6.07, 6.45) is 2.47. The summed E-state index contributed by atoms with van der Waals surface area (Å²) in [5.41, 5.74) is 0.896. The Kier molecular flexibility index (Phi) is 5.96. The molecule has 2 aliphatic heterocycles. The van der Waals surface area contributed by atoms with E-state index in [2.05, 4.69) is 5.32 Å². The SMILES string of the molecule is Cl.O=C(Cc1ccc([N+](=O)[O-])cc1)N1CC[C@@H]2CNC[C@@H]2CC1. The molecule has 2 heterocycles. The molecule has 2 fully saturated rings. The smallest absolute Gasteiger partial charge is 0.269 e. The first kappa shape index (κ1) is 17.7. The first-order valence-electron chi connectivity index (χ1n) is 7.85. The van der Waals surface area contributed by atoms with E-state index < -0.39 is 4.92 Å². The largest absolute Gasteiger partial charge is 0.342 e. The van der Waals surface area contributed by atoms with E-state index in [0.29, 0.717) is 18.3 Å². The number of halogens is 1. The van der Waals surface area contributed by atoms with Crippen LogP contribution in [0, 0.1) is 22.0 Å². The Balaban J connectivity index is 0.00000192. The van der Waals surface area contributed by atoms with Crippen molar-refractivity contribution in [3.05, 3.63) is 39.9 Å². The number of nitro benzene ring substituents is 1. The van der Waals surface area contributed by atoms with E-state index in [1.807, 2.05) is 4.90 Å². The molecule has 1 aromatic carbocycles. The minimum absolute atomic E-state index is 0. The van der Waals surface area contributed by atoms with E-state index >= 15 is 0 Å². The van der Waals surface area contributed by atoms with E-state index in [1.165, 1.54) is 12.1 Å². The van der Waals surface area contributed by atoms with Crippen LogP contribution in [0.3, 0.4) is 0 Å². The average molecular weight is 340 g/mol. The van der Waals surface area contributed by atoms with Crippen molar-refractivity contribution in [3.63, 3.8) is 0 Å². The lowest BCUT2D eigenvalue weighted by Crippen LogP contribution is -2.33. The molecule has 7 heteroatoms. The van der Waals surface area contributed by atoms with Gasteiger partial charge in [0.2, 0.25) is 5.91 Å². The van der Waals surface area contributed by atoms with Gasteiger partial charge in [-0.1, -0.05) is 12.1 Å². The molecule has 1 aromatic rings. The number of hydrogen-bond acceptors (Lipinski definition) is 4. The summed E-state index contributed by atoms with van der Waals surface area (Å²) in [7, 11) is 0. The highest BCUT2D eigenvalue weighted by molar-refractivity contribution is 5.85. The summed E-state index contributed by atoms with van der Waals surface area (Å²) in [5.74, 6) is 1.54. The van der Waals surface area contributed by atoms with Gasteiger partial charge in [0.15, 0.2) is 0 Å². The molecule has 0 bridgehead atoms. The van der Waals surface area contributed by atoms with Crippen molar-refractivity contribution in [3.8, 4) is 0 Å². The maximum atomic E-state index is 12.4. The van der Waals surface area contributed by atoms with E-state index in [1.54, 1.807) is 12.1 Å². The molecule has 0 aromatic heterocycles. The first-order chi connectivity index (χ1) is 10.6. The fraction of sp³-hybridized carbons (Fsp3) is 0.562. The third kappa shape index (κ3) is 4.20. The molecule has 1 amide bonds. The van der Waals surface area contributed by atoms with Crippen molar-refractivity contribution in [1.82, 2.24) is 10.2 Å². The number of carbonyl (C=O) groups is 1. The molecule has 0 saturated carbocycles. The van der Waals surface area contributed by atoms with Gasteiger partial charge in [-0.3, -0.25) is 14.9 Å². The van der Waals surface area contributed by atoms with Gasteiger partial charge < -0.3 is 10.2 Å². The monoisotopic (exact) mass is 339 g/mol. The second-order valence-corrected chi connectivity index (χ2v) is 6.24. The lowest BCUT2D eigenvalue weighted by molar-refractivity contribution is -0.384. The lowest BCUT2D eigenvalue weighted by atomic mass is 9.92. The van der Waals surface area contributed by atoms with Gasteiger partial charge >= 0.3 is 0 Å². The maximum absolute atomic E-state index is 12.4. The van der Waals surface area contributed by atoms with Gasteiger partial charge in [-0.2, -0.15) is 0 Å². The van der Waals surface area contributed by atoms with Gasteiger partial charge in [0.1, 0.15) is 0 Å². The predicted molar refractivity (Wildman–Crippen MR) is 89.7 cm³/mol. The molecule has 1 N–H and O–H groups in total. The molecule has 23 heavy (non-hydrogen) atoms. The summed E-state index contributed by atoms with van der Waals surface area (Å²) in [6.45, 7) is 3.81. The van der Waals surface area contributed by atoms with Crippen LogP contribution >= 0.6 is 12.4 Å². The van der Waals surface area contributed by atoms with Crippen LogP contribution in [0.25, 0.3) is 0 Å². The number of amides is 1. The number of carbonyl (C=O) groups excluding carboxylic acids is 1. The maximum Gasteiger partial charge on any atom is 0.269 e. The van der Waals surface area contributed by atoms with Crippen LogP contribution in [-0.2, 0) is 11.2 Å². The Morgan fingerprint density at radius 2 is 1.74 bits per heavy atom. The second-order valence-electron chi connectivity index (χ2n) is 6.24. The average Bonchev–Trinajstić information content (AvgIpc) is 2.86. The fourth-order valence-electron chi connectivity index (χ4n) is 3.49. The number of nitro groups is 1. The normalized spacial score (nSPS) is 23.6. The molecule has 2 aliphatic rings. The molecule has 126 valence electrons. The summed E-state index contributed by atoms with van der Waals surface area (Å²) < 4.78 is 0. The standard InChI is InChI=1S/C16H21N3O3.ClH/c20-16(9-12-1-3-15(4-2-12)19(21)22)18-7-5-13-10-17-11-14(13)6-8-18;/h1-4,13-14,17H,5-11H2;1H/t13-,14+;. The van der Waals surface area contributed by atoms with E-state index in [0.717, 1.165) is 44.6 Å². The molecule has 6 nitrogen and oxygen atoms in total. The van der Waals surface area contributed by atoms with E-state index in [-0.39, 0.29) is 24.0 Å². The van der Waals surface area contributed by atoms with E-state index in [4.69, 9.17) is 0 Å². The van der Waals surface area contributed by atoms with Crippen molar-refractivity contribution in [2.75, 3.05) is 26.2 Å². The molecular formula is C16H22ClN3O3. The summed E-state index contributed by atoms with van der Waals surface area (Å²) in [6, 6.07) is 6.27. The van der Waals surface area contributed by atoms with Crippen LogP contribution in [0.2, 0.25) is 0 Å². The zero-order chi connectivity index (χ0) is 15.5. The molecular weight excluding hydrogens is 318 g/mol. The minimum atomic E-state index is -0.423. The van der Waals surface area contributed by atoms with Gasteiger partial charge in [-0.15, -0.1) is 12.4 Å². The molecule has 2 saturated heterocycles. The molecule has 3 rings (SSSR count). The van der Waals surface area contributed by atoms with Gasteiger partial charge in [-0.25, -0.2) is 0 Å². The zero-order valence-electron chi connectivity index (χ0n) is 12.9. The summed E-state index contributed by atoms with van der Waals surface area (Å²) >= 11 is 0. The van der Waals surface area contributed by atoms with Crippen LogP contribution < -0.4 is 5.32 Å². The van der Waals surface area contributed by atoms with Crippen molar-refractivity contribution in [2.45, 2.75) is 19.3 Å². The van der Waals surface area contributed by atoms with Crippen molar-refractivity contribution in [1.29, 1.82) is 0 Å². The number of likely N-dealkylation sites (tertiary alicyclic amines) is 1. The van der Waals surface area contributed by atoms with Crippen molar-refractivity contribution >= 4 is 24.0 Å². The van der Waals surface area contributed by atoms with Crippen LogP contribution in [0.4, 0.5) is 5.69 Å². The summed E-state index contributed by atoms with van der Waals surface area (Å²) in [5, 5.41) is 14.1. The minimum Gasteiger partial charge on any atom is -0.342 e. The van der Waals surface area contributed by atoms with Crippen LogP contribution in [-0.4, -0.2) is 41.9 Å². The highest BCUT2D eigenvalue weighted by Gasteiger charge is 2.31. The second kappa shape index (κ2) is 7.75. The molecule has 0 radical (unpaired) electrons. The highest BCUT2D eigenvalue weighted by Crippen LogP contribution is 2.27. The number of non-ortho nitro benzene ring substituents is 1.